The molecule has 2 heterocycles. The van der Waals surface area contributed by atoms with Gasteiger partial charge in [0.25, 0.3) is 0 Å². The number of aryl methyl sites for hydroxylation is 1. The number of rotatable bonds is 7. The van der Waals surface area contributed by atoms with Gasteiger partial charge < -0.3 is 9.73 Å². The zero-order valence-corrected chi connectivity index (χ0v) is 11.3. The second kappa shape index (κ2) is 6.78. The highest BCUT2D eigenvalue weighted by atomic mass is 32.2. The summed E-state index contributed by atoms with van der Waals surface area (Å²) in [6.07, 6.45) is 4.37. The molecule has 4 nitrogen and oxygen atoms in total. The first-order valence-corrected chi connectivity index (χ1v) is 7.31. The van der Waals surface area contributed by atoms with E-state index >= 15 is 0 Å². The molecule has 0 saturated heterocycles. The van der Waals surface area contributed by atoms with Crippen molar-refractivity contribution in [2.75, 3.05) is 12.3 Å². The Kier molecular flexibility index (Phi) is 5.03. The molecule has 0 amide bonds. The smallest absolute Gasteiger partial charge is 0.170 e. The van der Waals surface area contributed by atoms with Crippen LogP contribution < -0.4 is 5.32 Å². The summed E-state index contributed by atoms with van der Waals surface area (Å²) in [6.45, 7) is 3.88. The minimum absolute atomic E-state index is 0.855. The fraction of sp³-hybridized carbons (Fsp3) is 0.455. The van der Waals surface area contributed by atoms with E-state index in [1.807, 2.05) is 6.07 Å². The van der Waals surface area contributed by atoms with Crippen LogP contribution in [0.15, 0.2) is 27.3 Å². The molecule has 6 heteroatoms. The third kappa shape index (κ3) is 4.14. The Bertz CT molecular complexity index is 428. The predicted molar refractivity (Wildman–Crippen MR) is 70.4 cm³/mol. The van der Waals surface area contributed by atoms with Gasteiger partial charge in [0.05, 0.1) is 12.5 Å². The van der Waals surface area contributed by atoms with Gasteiger partial charge in [0.15, 0.2) is 4.34 Å². The van der Waals surface area contributed by atoms with Crippen molar-refractivity contribution < 1.29 is 4.42 Å². The van der Waals surface area contributed by atoms with E-state index in [2.05, 4.69) is 21.6 Å². The molecule has 0 atom stereocenters. The van der Waals surface area contributed by atoms with Crippen molar-refractivity contribution in [2.45, 2.75) is 24.2 Å². The van der Waals surface area contributed by atoms with Crippen LogP contribution in [0.2, 0.25) is 0 Å². The molecule has 17 heavy (non-hydrogen) atoms. The maximum Gasteiger partial charge on any atom is 0.170 e. The number of hydrogen-bond acceptors (Lipinski definition) is 6. The molecule has 0 spiro atoms. The van der Waals surface area contributed by atoms with E-state index in [0.717, 1.165) is 35.4 Å². The van der Waals surface area contributed by atoms with Gasteiger partial charge >= 0.3 is 0 Å². The van der Waals surface area contributed by atoms with Crippen LogP contribution in [0.25, 0.3) is 0 Å². The molecular formula is C11H15N3OS2. The second-order valence-electron chi connectivity index (χ2n) is 3.49. The highest BCUT2D eigenvalue weighted by Gasteiger charge is 2.02. The number of furan rings is 1. The van der Waals surface area contributed by atoms with Crippen molar-refractivity contribution in [1.29, 1.82) is 0 Å². The minimum Gasteiger partial charge on any atom is -0.472 e. The van der Waals surface area contributed by atoms with Gasteiger partial charge in [0, 0.05) is 30.8 Å². The normalized spacial score (nSPS) is 10.9. The standard InChI is InChI=1S/C11H15N3OS2/c1-2-10-13-11(17-14-10)16-6-4-12-7-9-3-5-15-8-9/h3,5,8,12H,2,4,6-7H2,1H3. The quantitative estimate of drug-likeness (QED) is 0.618. The van der Waals surface area contributed by atoms with E-state index < -0.39 is 0 Å². The zero-order valence-electron chi connectivity index (χ0n) is 9.68. The van der Waals surface area contributed by atoms with Gasteiger partial charge in [0.2, 0.25) is 0 Å². The summed E-state index contributed by atoms with van der Waals surface area (Å²) in [5.41, 5.74) is 1.18. The van der Waals surface area contributed by atoms with Crippen molar-refractivity contribution in [3.05, 3.63) is 30.0 Å². The molecule has 2 aromatic rings. The Morgan fingerprint density at radius 2 is 2.47 bits per heavy atom. The number of hydrogen-bond donors (Lipinski definition) is 1. The summed E-state index contributed by atoms with van der Waals surface area (Å²) < 4.78 is 10.3. The predicted octanol–water partition coefficient (Wildman–Crippen LogP) is 2.58. The van der Waals surface area contributed by atoms with Crippen molar-refractivity contribution >= 4 is 23.3 Å². The van der Waals surface area contributed by atoms with Crippen molar-refractivity contribution in [3.8, 4) is 0 Å². The van der Waals surface area contributed by atoms with Gasteiger partial charge in [-0.2, -0.15) is 4.37 Å². The van der Waals surface area contributed by atoms with E-state index in [4.69, 9.17) is 4.42 Å². The van der Waals surface area contributed by atoms with Crippen LogP contribution in [-0.2, 0) is 13.0 Å². The first-order chi connectivity index (χ1) is 8.38. The van der Waals surface area contributed by atoms with Crippen LogP contribution in [-0.4, -0.2) is 21.7 Å². The van der Waals surface area contributed by atoms with Gasteiger partial charge in [-0.25, -0.2) is 4.98 Å². The van der Waals surface area contributed by atoms with E-state index in [0.29, 0.717) is 0 Å². The lowest BCUT2D eigenvalue weighted by atomic mass is 10.3. The Balaban J connectivity index is 1.60. The molecule has 0 aliphatic heterocycles. The first kappa shape index (κ1) is 12.6. The average molecular weight is 269 g/mol. The number of nitrogens with zero attached hydrogens (tertiary/aromatic N) is 2. The lowest BCUT2D eigenvalue weighted by molar-refractivity contribution is 0.561. The summed E-state index contributed by atoms with van der Waals surface area (Å²) in [6, 6.07) is 1.97. The molecule has 0 fully saturated rings. The fourth-order valence-corrected chi connectivity index (χ4v) is 2.94. The van der Waals surface area contributed by atoms with Crippen LogP contribution in [0.3, 0.4) is 0 Å². The molecule has 0 bridgehead atoms. The molecule has 92 valence electrons. The fourth-order valence-electron chi connectivity index (χ4n) is 1.28. The maximum absolute atomic E-state index is 4.99. The van der Waals surface area contributed by atoms with Crippen molar-refractivity contribution in [1.82, 2.24) is 14.7 Å². The van der Waals surface area contributed by atoms with Gasteiger partial charge in [-0.15, -0.1) is 0 Å². The molecule has 1 N–H and O–H groups in total. The molecular weight excluding hydrogens is 254 g/mol. The van der Waals surface area contributed by atoms with E-state index in [1.54, 1.807) is 24.3 Å². The van der Waals surface area contributed by atoms with E-state index in [1.165, 1.54) is 17.1 Å². The summed E-state index contributed by atoms with van der Waals surface area (Å²) >= 11 is 3.24. The highest BCUT2D eigenvalue weighted by molar-refractivity contribution is 8.00. The first-order valence-electron chi connectivity index (χ1n) is 5.55. The van der Waals surface area contributed by atoms with Crippen LogP contribution >= 0.6 is 23.3 Å². The highest BCUT2D eigenvalue weighted by Crippen LogP contribution is 2.19. The average Bonchev–Trinajstić information content (AvgIpc) is 2.99. The summed E-state index contributed by atoms with van der Waals surface area (Å²) in [4.78, 5) is 4.40. The Hall–Kier alpha value is -0.850. The lowest BCUT2D eigenvalue weighted by Gasteiger charge is -2.00. The molecule has 0 saturated carbocycles. The van der Waals surface area contributed by atoms with Crippen molar-refractivity contribution in [2.24, 2.45) is 0 Å². The topological polar surface area (TPSA) is 51.0 Å². The second-order valence-corrected chi connectivity index (χ2v) is 5.58. The summed E-state index contributed by atoms with van der Waals surface area (Å²) in [5.74, 6) is 1.96. The van der Waals surface area contributed by atoms with Gasteiger partial charge in [-0.3, -0.25) is 0 Å². The van der Waals surface area contributed by atoms with Gasteiger partial charge in [-0.05, 0) is 17.6 Å². The number of aromatic nitrogens is 2. The van der Waals surface area contributed by atoms with E-state index in [-0.39, 0.29) is 0 Å². The van der Waals surface area contributed by atoms with Crippen LogP contribution in [0.5, 0.6) is 0 Å². The molecule has 0 aromatic carbocycles. The molecule has 0 aliphatic rings. The third-order valence-corrected chi connectivity index (χ3v) is 4.05. The zero-order chi connectivity index (χ0) is 11.9. The SMILES string of the molecule is CCc1nsc(SCCNCc2ccoc2)n1. The monoisotopic (exact) mass is 269 g/mol. The molecule has 2 aromatic heterocycles. The summed E-state index contributed by atoms with van der Waals surface area (Å²) in [5, 5.41) is 3.35. The van der Waals surface area contributed by atoms with Crippen molar-refractivity contribution in [3.63, 3.8) is 0 Å². The Morgan fingerprint density at radius 1 is 1.53 bits per heavy atom. The number of nitrogens with one attached hydrogen (secondary N) is 1. The van der Waals surface area contributed by atoms with Crippen LogP contribution in [0.1, 0.15) is 18.3 Å². The minimum atomic E-state index is 0.855. The molecule has 0 aliphatic carbocycles. The van der Waals surface area contributed by atoms with Crippen LogP contribution in [0.4, 0.5) is 0 Å². The molecule has 0 unspecified atom stereocenters. The molecule has 2 rings (SSSR count). The van der Waals surface area contributed by atoms with Gasteiger partial charge in [0.1, 0.15) is 5.82 Å². The Morgan fingerprint density at radius 3 is 3.18 bits per heavy atom. The Labute approximate surface area is 109 Å². The maximum atomic E-state index is 4.99. The largest absolute Gasteiger partial charge is 0.472 e. The van der Waals surface area contributed by atoms with Crippen LogP contribution in [0, 0.1) is 0 Å². The lowest BCUT2D eigenvalue weighted by Crippen LogP contribution is -2.15. The number of thioether (sulfide) groups is 1. The molecule has 0 radical (unpaired) electrons. The van der Waals surface area contributed by atoms with Gasteiger partial charge in [-0.1, -0.05) is 18.7 Å². The van der Waals surface area contributed by atoms with E-state index in [9.17, 15) is 0 Å². The summed E-state index contributed by atoms with van der Waals surface area (Å²) in [7, 11) is 0. The third-order valence-electron chi connectivity index (χ3n) is 2.18.